The van der Waals surface area contributed by atoms with Gasteiger partial charge in [0.1, 0.15) is 0 Å². The van der Waals surface area contributed by atoms with Crippen LogP contribution in [0.2, 0.25) is 5.02 Å². The molecule has 0 amide bonds. The minimum absolute atomic E-state index is 0.128. The quantitative estimate of drug-likeness (QED) is 0.890. The SMILES string of the molecule is NS(=O)(=O)c1cccc(CNCc2ccc(Cl)cc2)c1. The van der Waals surface area contributed by atoms with E-state index in [0.717, 1.165) is 11.1 Å². The van der Waals surface area contributed by atoms with Crippen LogP contribution in [0, 0.1) is 0 Å². The molecule has 0 bridgehead atoms. The van der Waals surface area contributed by atoms with Gasteiger partial charge in [-0.25, -0.2) is 13.6 Å². The lowest BCUT2D eigenvalue weighted by atomic mass is 10.2. The molecule has 20 heavy (non-hydrogen) atoms. The Labute approximate surface area is 123 Å². The molecule has 0 aliphatic rings. The van der Waals surface area contributed by atoms with E-state index in [4.69, 9.17) is 16.7 Å². The molecule has 0 radical (unpaired) electrons. The zero-order chi connectivity index (χ0) is 14.6. The highest BCUT2D eigenvalue weighted by molar-refractivity contribution is 7.89. The largest absolute Gasteiger partial charge is 0.309 e. The van der Waals surface area contributed by atoms with Gasteiger partial charge in [-0.15, -0.1) is 0 Å². The first kappa shape index (κ1) is 15.0. The summed E-state index contributed by atoms with van der Waals surface area (Å²) >= 11 is 5.81. The van der Waals surface area contributed by atoms with E-state index in [9.17, 15) is 8.42 Å². The number of benzene rings is 2. The van der Waals surface area contributed by atoms with Crippen LogP contribution in [0.15, 0.2) is 53.4 Å². The van der Waals surface area contributed by atoms with Crippen molar-refractivity contribution in [1.82, 2.24) is 5.32 Å². The molecule has 0 aromatic heterocycles. The lowest BCUT2D eigenvalue weighted by Gasteiger charge is -2.06. The van der Waals surface area contributed by atoms with Crippen LogP contribution in [-0.4, -0.2) is 8.42 Å². The van der Waals surface area contributed by atoms with Gasteiger partial charge in [-0.1, -0.05) is 35.9 Å². The van der Waals surface area contributed by atoms with Gasteiger partial charge in [0.2, 0.25) is 10.0 Å². The van der Waals surface area contributed by atoms with Crippen molar-refractivity contribution >= 4 is 21.6 Å². The van der Waals surface area contributed by atoms with E-state index in [2.05, 4.69) is 5.32 Å². The summed E-state index contributed by atoms with van der Waals surface area (Å²) in [6.45, 7) is 1.24. The van der Waals surface area contributed by atoms with Crippen LogP contribution in [0.5, 0.6) is 0 Å². The minimum Gasteiger partial charge on any atom is -0.309 e. The highest BCUT2D eigenvalue weighted by Crippen LogP contribution is 2.11. The Kier molecular flexibility index (Phi) is 4.77. The van der Waals surface area contributed by atoms with E-state index in [1.807, 2.05) is 30.3 Å². The number of rotatable bonds is 5. The van der Waals surface area contributed by atoms with Crippen molar-refractivity contribution in [3.8, 4) is 0 Å². The van der Waals surface area contributed by atoms with E-state index >= 15 is 0 Å². The minimum atomic E-state index is -3.65. The Balaban J connectivity index is 1.96. The summed E-state index contributed by atoms with van der Waals surface area (Å²) in [5.41, 5.74) is 1.97. The summed E-state index contributed by atoms with van der Waals surface area (Å²) in [5.74, 6) is 0. The maximum absolute atomic E-state index is 11.3. The van der Waals surface area contributed by atoms with E-state index in [-0.39, 0.29) is 4.90 Å². The maximum atomic E-state index is 11.3. The van der Waals surface area contributed by atoms with Gasteiger partial charge in [0, 0.05) is 18.1 Å². The van der Waals surface area contributed by atoms with Crippen LogP contribution in [0.4, 0.5) is 0 Å². The van der Waals surface area contributed by atoms with Crippen LogP contribution < -0.4 is 10.5 Å². The molecule has 0 unspecified atom stereocenters. The van der Waals surface area contributed by atoms with Gasteiger partial charge in [0.25, 0.3) is 0 Å². The number of hydrogen-bond donors (Lipinski definition) is 2. The number of nitrogens with one attached hydrogen (secondary N) is 1. The van der Waals surface area contributed by atoms with Crippen LogP contribution >= 0.6 is 11.6 Å². The molecular formula is C14H15ClN2O2S. The standard InChI is InChI=1S/C14H15ClN2O2S/c15-13-6-4-11(5-7-13)9-17-10-12-2-1-3-14(8-12)20(16,18)19/h1-8,17H,9-10H2,(H2,16,18,19). The van der Waals surface area contributed by atoms with Gasteiger partial charge < -0.3 is 5.32 Å². The van der Waals surface area contributed by atoms with Gasteiger partial charge in [-0.05, 0) is 35.4 Å². The molecule has 0 aliphatic carbocycles. The van der Waals surface area contributed by atoms with Crippen molar-refractivity contribution in [2.24, 2.45) is 5.14 Å². The van der Waals surface area contributed by atoms with Gasteiger partial charge in [-0.2, -0.15) is 0 Å². The first-order valence-electron chi connectivity index (χ1n) is 6.02. The fraction of sp³-hybridized carbons (Fsp3) is 0.143. The fourth-order valence-corrected chi connectivity index (χ4v) is 2.50. The molecular weight excluding hydrogens is 296 g/mol. The van der Waals surface area contributed by atoms with Crippen LogP contribution in [0.1, 0.15) is 11.1 Å². The molecule has 0 aliphatic heterocycles. The summed E-state index contributed by atoms with van der Waals surface area (Å²) < 4.78 is 22.5. The van der Waals surface area contributed by atoms with E-state index in [1.165, 1.54) is 6.07 Å². The number of hydrogen-bond acceptors (Lipinski definition) is 3. The highest BCUT2D eigenvalue weighted by Gasteiger charge is 2.07. The number of halogens is 1. The Bertz CT molecular complexity index is 685. The smallest absolute Gasteiger partial charge is 0.238 e. The van der Waals surface area contributed by atoms with Gasteiger partial charge >= 0.3 is 0 Å². The zero-order valence-corrected chi connectivity index (χ0v) is 12.3. The Morgan fingerprint density at radius 2 is 1.65 bits per heavy atom. The molecule has 0 saturated heterocycles. The summed E-state index contributed by atoms with van der Waals surface area (Å²) in [4.78, 5) is 0.128. The molecule has 106 valence electrons. The number of primary sulfonamides is 1. The van der Waals surface area contributed by atoms with Crippen LogP contribution in [-0.2, 0) is 23.1 Å². The lowest BCUT2D eigenvalue weighted by molar-refractivity contribution is 0.597. The van der Waals surface area contributed by atoms with Crippen molar-refractivity contribution in [2.75, 3.05) is 0 Å². The molecule has 2 rings (SSSR count). The summed E-state index contributed by atoms with van der Waals surface area (Å²) in [5, 5.41) is 9.04. The molecule has 0 spiro atoms. The molecule has 0 atom stereocenters. The van der Waals surface area contributed by atoms with Crippen molar-refractivity contribution in [2.45, 2.75) is 18.0 Å². The predicted octanol–water partition coefficient (Wildman–Crippen LogP) is 2.28. The van der Waals surface area contributed by atoms with Gasteiger partial charge in [0.15, 0.2) is 0 Å². The Hall–Kier alpha value is -1.40. The van der Waals surface area contributed by atoms with Crippen molar-refractivity contribution in [3.63, 3.8) is 0 Å². The molecule has 4 nitrogen and oxygen atoms in total. The monoisotopic (exact) mass is 310 g/mol. The van der Waals surface area contributed by atoms with E-state index in [0.29, 0.717) is 18.1 Å². The number of sulfonamides is 1. The van der Waals surface area contributed by atoms with E-state index < -0.39 is 10.0 Å². The third-order valence-electron chi connectivity index (χ3n) is 2.80. The molecule has 0 heterocycles. The van der Waals surface area contributed by atoms with E-state index in [1.54, 1.807) is 12.1 Å². The second kappa shape index (κ2) is 6.37. The lowest BCUT2D eigenvalue weighted by Crippen LogP contribution is -2.15. The molecule has 0 fully saturated rings. The van der Waals surface area contributed by atoms with Gasteiger partial charge in [-0.3, -0.25) is 0 Å². The zero-order valence-electron chi connectivity index (χ0n) is 10.7. The normalized spacial score (nSPS) is 11.5. The molecule has 2 aromatic carbocycles. The Morgan fingerprint density at radius 3 is 2.30 bits per heavy atom. The fourth-order valence-electron chi connectivity index (χ4n) is 1.79. The first-order valence-corrected chi connectivity index (χ1v) is 7.94. The van der Waals surface area contributed by atoms with Crippen LogP contribution in [0.3, 0.4) is 0 Å². The second-order valence-corrected chi connectivity index (χ2v) is 6.42. The summed E-state index contributed by atoms with van der Waals surface area (Å²) in [6.07, 6.45) is 0. The molecule has 3 N–H and O–H groups in total. The average molecular weight is 311 g/mol. The third-order valence-corrected chi connectivity index (χ3v) is 3.96. The number of nitrogens with two attached hydrogens (primary N) is 1. The van der Waals surface area contributed by atoms with Crippen molar-refractivity contribution in [3.05, 3.63) is 64.7 Å². The van der Waals surface area contributed by atoms with Crippen molar-refractivity contribution < 1.29 is 8.42 Å². The average Bonchev–Trinajstić information content (AvgIpc) is 2.40. The van der Waals surface area contributed by atoms with Crippen LogP contribution in [0.25, 0.3) is 0 Å². The molecule has 2 aromatic rings. The summed E-state index contributed by atoms with van der Waals surface area (Å²) in [6, 6.07) is 14.1. The topological polar surface area (TPSA) is 72.2 Å². The Morgan fingerprint density at radius 1 is 1.00 bits per heavy atom. The summed E-state index contributed by atoms with van der Waals surface area (Å²) in [7, 11) is -3.65. The third kappa shape index (κ3) is 4.31. The predicted molar refractivity (Wildman–Crippen MR) is 79.8 cm³/mol. The van der Waals surface area contributed by atoms with Crippen molar-refractivity contribution in [1.29, 1.82) is 0 Å². The molecule has 0 saturated carbocycles. The maximum Gasteiger partial charge on any atom is 0.238 e. The second-order valence-electron chi connectivity index (χ2n) is 4.42. The van der Waals surface area contributed by atoms with Gasteiger partial charge in [0.05, 0.1) is 4.90 Å². The molecule has 6 heteroatoms. The first-order chi connectivity index (χ1) is 9.45. The highest BCUT2D eigenvalue weighted by atomic mass is 35.5.